The van der Waals surface area contributed by atoms with E-state index < -0.39 is 17.8 Å². The molecule has 8 heteroatoms. The van der Waals surface area contributed by atoms with E-state index in [-0.39, 0.29) is 11.7 Å². The third kappa shape index (κ3) is 4.57. The Morgan fingerprint density at radius 3 is 2.30 bits per heavy atom. The fourth-order valence-corrected chi connectivity index (χ4v) is 4.23. The molecule has 1 aromatic heterocycles. The molecule has 2 heterocycles. The summed E-state index contributed by atoms with van der Waals surface area (Å²) in [6.45, 7) is 2.81. The number of anilines is 1. The van der Waals surface area contributed by atoms with Crippen molar-refractivity contribution in [1.82, 2.24) is 9.88 Å². The maximum atomic E-state index is 13.0. The van der Waals surface area contributed by atoms with Gasteiger partial charge in [-0.1, -0.05) is 31.2 Å². The molecule has 33 heavy (non-hydrogen) atoms. The van der Waals surface area contributed by atoms with E-state index in [9.17, 15) is 23.1 Å². The first-order valence-corrected chi connectivity index (χ1v) is 10.7. The van der Waals surface area contributed by atoms with E-state index in [1.807, 2.05) is 19.1 Å². The van der Waals surface area contributed by atoms with Crippen molar-refractivity contribution in [2.24, 2.45) is 0 Å². The fourth-order valence-electron chi connectivity index (χ4n) is 4.23. The summed E-state index contributed by atoms with van der Waals surface area (Å²) in [6, 6.07) is 12.0. The van der Waals surface area contributed by atoms with E-state index in [2.05, 4.69) is 4.98 Å². The molecule has 2 aromatic carbocycles. The number of amides is 1. The monoisotopic (exact) mass is 455 g/mol. The molecule has 4 rings (SSSR count). The van der Waals surface area contributed by atoms with Crippen LogP contribution in [0.15, 0.2) is 54.7 Å². The summed E-state index contributed by atoms with van der Waals surface area (Å²) in [6.07, 6.45) is -2.08. The number of nitrogen functional groups attached to an aromatic ring is 1. The Hall–Kier alpha value is -3.39. The summed E-state index contributed by atoms with van der Waals surface area (Å²) < 4.78 is 38.9. The van der Waals surface area contributed by atoms with E-state index in [1.165, 1.54) is 12.1 Å². The molecule has 0 bridgehead atoms. The second kappa shape index (κ2) is 8.86. The molecule has 0 saturated carbocycles. The minimum Gasteiger partial charge on any atom is -0.391 e. The summed E-state index contributed by atoms with van der Waals surface area (Å²) in [7, 11) is 0. The Balaban J connectivity index is 1.68. The van der Waals surface area contributed by atoms with Crippen molar-refractivity contribution >= 4 is 11.7 Å². The van der Waals surface area contributed by atoms with Gasteiger partial charge in [-0.3, -0.25) is 4.79 Å². The van der Waals surface area contributed by atoms with Gasteiger partial charge in [0.05, 0.1) is 11.7 Å². The van der Waals surface area contributed by atoms with E-state index >= 15 is 0 Å². The van der Waals surface area contributed by atoms with Crippen LogP contribution in [0.5, 0.6) is 0 Å². The van der Waals surface area contributed by atoms with Gasteiger partial charge in [0.1, 0.15) is 5.82 Å². The summed E-state index contributed by atoms with van der Waals surface area (Å²) in [5, 5.41) is 9.68. The molecule has 1 aliphatic heterocycles. The highest BCUT2D eigenvalue weighted by atomic mass is 19.4. The Kier molecular flexibility index (Phi) is 6.12. The van der Waals surface area contributed by atoms with Crippen molar-refractivity contribution in [2.45, 2.75) is 32.0 Å². The van der Waals surface area contributed by atoms with Gasteiger partial charge in [-0.25, -0.2) is 4.98 Å². The first kappa shape index (κ1) is 22.8. The lowest BCUT2D eigenvalue weighted by atomic mass is 9.91. The number of aromatic nitrogens is 1. The summed E-state index contributed by atoms with van der Waals surface area (Å²) >= 11 is 0. The zero-order valence-electron chi connectivity index (χ0n) is 18.1. The number of carbonyl (C=O) groups is 1. The Labute approximate surface area is 189 Å². The largest absolute Gasteiger partial charge is 0.416 e. The van der Waals surface area contributed by atoms with Crippen LogP contribution in [-0.2, 0) is 12.6 Å². The molecule has 1 unspecified atom stereocenters. The molecular weight excluding hydrogens is 431 g/mol. The van der Waals surface area contributed by atoms with Gasteiger partial charge < -0.3 is 15.7 Å². The van der Waals surface area contributed by atoms with Gasteiger partial charge in [-0.05, 0) is 53.8 Å². The van der Waals surface area contributed by atoms with Gasteiger partial charge in [0, 0.05) is 36.0 Å². The average Bonchev–Trinajstić information content (AvgIpc) is 3.24. The van der Waals surface area contributed by atoms with Gasteiger partial charge in [-0.15, -0.1) is 0 Å². The molecule has 1 atom stereocenters. The number of rotatable bonds is 4. The smallest absolute Gasteiger partial charge is 0.391 e. The molecule has 1 saturated heterocycles. The van der Waals surface area contributed by atoms with E-state index in [0.717, 1.165) is 28.8 Å². The molecule has 5 nitrogen and oxygen atoms in total. The van der Waals surface area contributed by atoms with E-state index in [4.69, 9.17) is 5.73 Å². The molecule has 1 aliphatic rings. The van der Waals surface area contributed by atoms with Crippen molar-refractivity contribution in [3.05, 3.63) is 71.4 Å². The number of aliphatic hydroxyl groups is 1. The third-order valence-electron chi connectivity index (χ3n) is 5.96. The van der Waals surface area contributed by atoms with Crippen LogP contribution in [0.3, 0.4) is 0 Å². The van der Waals surface area contributed by atoms with Crippen LogP contribution in [0.1, 0.15) is 34.8 Å². The highest BCUT2D eigenvalue weighted by Gasteiger charge is 2.30. The number of nitrogens with zero attached hydrogens (tertiary/aromatic N) is 2. The molecule has 0 spiro atoms. The summed E-state index contributed by atoms with van der Waals surface area (Å²) in [5.41, 5.74) is 9.60. The van der Waals surface area contributed by atoms with Gasteiger partial charge >= 0.3 is 6.18 Å². The lowest BCUT2D eigenvalue weighted by Crippen LogP contribution is -2.29. The quantitative estimate of drug-likeness (QED) is 0.593. The topological polar surface area (TPSA) is 79.5 Å². The van der Waals surface area contributed by atoms with Crippen LogP contribution >= 0.6 is 0 Å². The number of halogens is 3. The Morgan fingerprint density at radius 2 is 1.76 bits per heavy atom. The molecule has 0 aliphatic carbocycles. The number of β-amino-alcohol motifs (C(OH)–C–C–N with tert-alkyl or cyclic N) is 1. The van der Waals surface area contributed by atoms with Crippen LogP contribution in [0.4, 0.5) is 19.0 Å². The number of carbonyl (C=O) groups excluding carboxylic acids is 1. The molecular formula is C25H24F3N3O2. The molecule has 3 aromatic rings. The highest BCUT2D eigenvalue weighted by Crippen LogP contribution is 2.37. The van der Waals surface area contributed by atoms with E-state index in [0.29, 0.717) is 42.6 Å². The van der Waals surface area contributed by atoms with E-state index in [1.54, 1.807) is 23.2 Å². The van der Waals surface area contributed by atoms with Crippen LogP contribution < -0.4 is 5.73 Å². The minimum absolute atomic E-state index is 0.130. The average molecular weight is 455 g/mol. The van der Waals surface area contributed by atoms with Crippen LogP contribution in [0.25, 0.3) is 22.3 Å². The molecule has 1 fully saturated rings. The number of benzene rings is 2. The fraction of sp³-hybridized carbons (Fsp3) is 0.280. The first-order chi connectivity index (χ1) is 15.7. The van der Waals surface area contributed by atoms with Crippen molar-refractivity contribution in [3.8, 4) is 22.3 Å². The van der Waals surface area contributed by atoms with Crippen molar-refractivity contribution in [1.29, 1.82) is 0 Å². The predicted molar refractivity (Wildman–Crippen MR) is 120 cm³/mol. The zero-order valence-corrected chi connectivity index (χ0v) is 18.1. The minimum atomic E-state index is -4.41. The maximum absolute atomic E-state index is 13.0. The highest BCUT2D eigenvalue weighted by molar-refractivity contribution is 5.95. The van der Waals surface area contributed by atoms with Crippen molar-refractivity contribution in [3.63, 3.8) is 0 Å². The second-order valence-corrected chi connectivity index (χ2v) is 8.11. The Bertz CT molecular complexity index is 1160. The van der Waals surface area contributed by atoms with Gasteiger partial charge in [0.25, 0.3) is 5.91 Å². The zero-order chi connectivity index (χ0) is 23.8. The van der Waals surface area contributed by atoms with Gasteiger partial charge in [0.2, 0.25) is 0 Å². The van der Waals surface area contributed by atoms with Gasteiger partial charge in [0.15, 0.2) is 0 Å². The molecule has 172 valence electrons. The number of nitrogens with two attached hydrogens (primary N) is 1. The summed E-state index contributed by atoms with van der Waals surface area (Å²) in [4.78, 5) is 18.6. The third-order valence-corrected chi connectivity index (χ3v) is 5.96. The van der Waals surface area contributed by atoms with Crippen molar-refractivity contribution < 1.29 is 23.1 Å². The molecule has 0 radical (unpaired) electrons. The summed E-state index contributed by atoms with van der Waals surface area (Å²) in [5.74, 6) is 0.115. The molecule has 1 amide bonds. The number of hydrogen-bond acceptors (Lipinski definition) is 4. The van der Waals surface area contributed by atoms with Crippen LogP contribution in [-0.4, -0.2) is 40.1 Å². The molecule has 3 N–H and O–H groups in total. The number of alkyl halides is 3. The van der Waals surface area contributed by atoms with Crippen molar-refractivity contribution in [2.75, 3.05) is 18.8 Å². The number of aliphatic hydroxyl groups excluding tert-OH is 1. The lowest BCUT2D eigenvalue weighted by Gasteiger charge is -2.18. The lowest BCUT2D eigenvalue weighted by molar-refractivity contribution is -0.137. The number of hydrogen-bond donors (Lipinski definition) is 2. The van der Waals surface area contributed by atoms with Crippen LogP contribution in [0, 0.1) is 0 Å². The predicted octanol–water partition coefficient (Wildman–Crippen LogP) is 4.79. The SMILES string of the molecule is CCc1c(-c2ccc(C(=O)N3CCC(O)C3)cc2)cnc(N)c1-c1ccc(C(F)(F)F)cc1. The van der Waals surface area contributed by atoms with Gasteiger partial charge in [-0.2, -0.15) is 13.2 Å². The maximum Gasteiger partial charge on any atom is 0.416 e. The second-order valence-electron chi connectivity index (χ2n) is 8.11. The number of likely N-dealkylation sites (tertiary alicyclic amines) is 1. The van der Waals surface area contributed by atoms with Crippen LogP contribution in [0.2, 0.25) is 0 Å². The first-order valence-electron chi connectivity index (χ1n) is 10.7. The Morgan fingerprint density at radius 1 is 1.12 bits per heavy atom. The number of pyridine rings is 1. The normalized spacial score (nSPS) is 16.3. The standard InChI is InChI=1S/C25H24F3N3O2/c1-2-20-21(15-3-5-17(6-4-15)24(33)31-12-11-19(32)14-31)13-30-23(29)22(20)16-7-9-18(10-8-16)25(26,27)28/h3-10,13,19,32H,2,11-12,14H2,1H3,(H2,29,30).